The molecule has 4 aromatic rings. The third kappa shape index (κ3) is 4.79. The van der Waals surface area contributed by atoms with Gasteiger partial charge in [0.15, 0.2) is 0 Å². The molecule has 7 nitrogen and oxygen atoms in total. The summed E-state index contributed by atoms with van der Waals surface area (Å²) in [6, 6.07) is 21.7. The zero-order valence-electron chi connectivity index (χ0n) is 18.9. The molecule has 0 bridgehead atoms. The van der Waals surface area contributed by atoms with E-state index in [0.29, 0.717) is 33.5 Å². The number of rotatable bonds is 6. The van der Waals surface area contributed by atoms with Crippen molar-refractivity contribution in [1.29, 1.82) is 0 Å². The average Bonchev–Trinajstić information content (AvgIpc) is 3.14. The summed E-state index contributed by atoms with van der Waals surface area (Å²) >= 11 is 6.06. The molecule has 1 heterocycles. The van der Waals surface area contributed by atoms with Crippen LogP contribution in [-0.4, -0.2) is 28.7 Å². The van der Waals surface area contributed by atoms with E-state index in [0.717, 1.165) is 16.8 Å². The van der Waals surface area contributed by atoms with Crippen molar-refractivity contribution in [2.75, 3.05) is 17.7 Å². The summed E-state index contributed by atoms with van der Waals surface area (Å²) in [5, 5.41) is 10.9. The smallest absolute Gasteiger partial charge is 0.255 e. The van der Waals surface area contributed by atoms with E-state index in [1.54, 1.807) is 47.1 Å². The zero-order chi connectivity index (χ0) is 24.2. The summed E-state index contributed by atoms with van der Waals surface area (Å²) in [4.78, 5) is 24.8. The first-order valence-electron chi connectivity index (χ1n) is 10.6. The average molecular weight is 475 g/mol. The van der Waals surface area contributed by atoms with Gasteiger partial charge in [0, 0.05) is 23.1 Å². The number of amides is 2. The van der Waals surface area contributed by atoms with Crippen LogP contribution in [0.15, 0.2) is 72.8 Å². The van der Waals surface area contributed by atoms with E-state index in [4.69, 9.17) is 16.3 Å². The number of aryl methyl sites for hydroxylation is 1. The Morgan fingerprint density at radius 3 is 2.32 bits per heavy atom. The minimum atomic E-state index is -0.309. The van der Waals surface area contributed by atoms with Crippen LogP contribution in [0.3, 0.4) is 0 Å². The maximum absolute atomic E-state index is 12.8. The fourth-order valence-electron chi connectivity index (χ4n) is 3.67. The number of benzene rings is 3. The molecule has 4 rings (SSSR count). The highest BCUT2D eigenvalue weighted by Gasteiger charge is 2.19. The van der Waals surface area contributed by atoms with Gasteiger partial charge in [0.25, 0.3) is 5.91 Å². The van der Waals surface area contributed by atoms with Crippen molar-refractivity contribution in [2.24, 2.45) is 0 Å². The Labute approximate surface area is 202 Å². The third-order valence-electron chi connectivity index (χ3n) is 5.20. The molecular weight excluding hydrogens is 452 g/mol. The molecule has 3 aromatic carbocycles. The van der Waals surface area contributed by atoms with Crippen molar-refractivity contribution < 1.29 is 14.3 Å². The SMILES string of the molecule is COc1ccc(Cl)cc1NC(=O)c1ccc(-n2nc(C)c(-c3ccccc3)c2NC(C)=O)cc1. The molecular formula is C26H23ClN4O3. The number of anilines is 2. The van der Waals surface area contributed by atoms with Crippen LogP contribution in [0.2, 0.25) is 5.02 Å². The molecule has 0 aliphatic heterocycles. The number of hydrogen-bond donors (Lipinski definition) is 2. The second-order valence-electron chi connectivity index (χ2n) is 7.61. The van der Waals surface area contributed by atoms with Gasteiger partial charge >= 0.3 is 0 Å². The number of ether oxygens (including phenoxy) is 1. The predicted molar refractivity (Wildman–Crippen MR) is 134 cm³/mol. The van der Waals surface area contributed by atoms with Crippen molar-refractivity contribution in [3.05, 3.63) is 89.1 Å². The first-order chi connectivity index (χ1) is 16.4. The molecule has 2 amide bonds. The highest BCUT2D eigenvalue weighted by Crippen LogP contribution is 2.33. The van der Waals surface area contributed by atoms with Crippen molar-refractivity contribution in [2.45, 2.75) is 13.8 Å². The Morgan fingerprint density at radius 1 is 0.971 bits per heavy atom. The summed E-state index contributed by atoms with van der Waals surface area (Å²) in [6.07, 6.45) is 0. The molecule has 34 heavy (non-hydrogen) atoms. The maximum Gasteiger partial charge on any atom is 0.255 e. The maximum atomic E-state index is 12.8. The number of carbonyl (C=O) groups is 2. The first-order valence-corrected chi connectivity index (χ1v) is 10.9. The lowest BCUT2D eigenvalue weighted by molar-refractivity contribution is -0.114. The molecule has 0 spiro atoms. The molecule has 0 aliphatic rings. The molecule has 172 valence electrons. The molecule has 1 aromatic heterocycles. The fraction of sp³-hybridized carbons (Fsp3) is 0.115. The molecule has 0 unspecified atom stereocenters. The van der Waals surface area contributed by atoms with Crippen molar-refractivity contribution in [1.82, 2.24) is 9.78 Å². The summed E-state index contributed by atoms with van der Waals surface area (Å²) in [7, 11) is 1.52. The molecule has 0 radical (unpaired) electrons. The second-order valence-corrected chi connectivity index (χ2v) is 8.05. The van der Waals surface area contributed by atoms with Crippen molar-refractivity contribution >= 4 is 34.9 Å². The molecule has 0 aliphatic carbocycles. The Balaban J connectivity index is 1.66. The number of hydrogen-bond acceptors (Lipinski definition) is 4. The van der Waals surface area contributed by atoms with Gasteiger partial charge < -0.3 is 15.4 Å². The second kappa shape index (κ2) is 9.80. The van der Waals surface area contributed by atoms with Crippen LogP contribution in [0.5, 0.6) is 5.75 Å². The van der Waals surface area contributed by atoms with E-state index in [9.17, 15) is 9.59 Å². The van der Waals surface area contributed by atoms with E-state index in [1.165, 1.54) is 14.0 Å². The van der Waals surface area contributed by atoms with Gasteiger partial charge in [-0.25, -0.2) is 4.68 Å². The Morgan fingerprint density at radius 2 is 1.68 bits per heavy atom. The number of aromatic nitrogens is 2. The number of methoxy groups -OCH3 is 1. The van der Waals surface area contributed by atoms with Gasteiger partial charge in [-0.05, 0) is 55.0 Å². The minimum absolute atomic E-state index is 0.204. The van der Waals surface area contributed by atoms with Gasteiger partial charge in [-0.15, -0.1) is 0 Å². The van der Waals surface area contributed by atoms with E-state index in [-0.39, 0.29) is 11.8 Å². The van der Waals surface area contributed by atoms with Gasteiger partial charge in [0.05, 0.1) is 24.2 Å². The number of halogens is 1. The number of carbonyl (C=O) groups excluding carboxylic acids is 2. The summed E-state index contributed by atoms with van der Waals surface area (Å²) in [5.74, 6) is 0.562. The van der Waals surface area contributed by atoms with E-state index < -0.39 is 0 Å². The fourth-order valence-corrected chi connectivity index (χ4v) is 3.85. The normalized spacial score (nSPS) is 10.6. The van der Waals surface area contributed by atoms with Gasteiger partial charge in [-0.1, -0.05) is 41.9 Å². The lowest BCUT2D eigenvalue weighted by Gasteiger charge is -2.12. The van der Waals surface area contributed by atoms with E-state index >= 15 is 0 Å². The summed E-state index contributed by atoms with van der Waals surface area (Å²) in [5.41, 5.74) is 4.18. The predicted octanol–water partition coefficient (Wildman–Crippen LogP) is 5.72. The van der Waals surface area contributed by atoms with Gasteiger partial charge in [0.2, 0.25) is 5.91 Å². The molecule has 8 heteroatoms. The van der Waals surface area contributed by atoms with Crippen LogP contribution in [0, 0.1) is 6.92 Å². The Kier molecular flexibility index (Phi) is 6.65. The number of nitrogens with one attached hydrogen (secondary N) is 2. The van der Waals surface area contributed by atoms with Crippen LogP contribution < -0.4 is 15.4 Å². The highest BCUT2D eigenvalue weighted by atomic mass is 35.5. The minimum Gasteiger partial charge on any atom is -0.495 e. The van der Waals surface area contributed by atoms with Crippen LogP contribution in [0.25, 0.3) is 16.8 Å². The van der Waals surface area contributed by atoms with E-state index in [1.807, 2.05) is 37.3 Å². The molecule has 0 saturated heterocycles. The van der Waals surface area contributed by atoms with Gasteiger partial charge in [-0.3, -0.25) is 9.59 Å². The standard InChI is InChI=1S/C26H23ClN4O3/c1-16-24(18-7-5-4-6-8-18)25(28-17(2)32)31(30-16)21-12-9-19(10-13-21)26(33)29-22-15-20(27)11-14-23(22)34-3/h4-15H,1-3H3,(H,28,32)(H,29,33). The van der Waals surface area contributed by atoms with Gasteiger partial charge in [0.1, 0.15) is 11.6 Å². The Hall–Kier alpha value is -4.10. The van der Waals surface area contributed by atoms with Crippen LogP contribution >= 0.6 is 11.6 Å². The van der Waals surface area contributed by atoms with Crippen LogP contribution in [-0.2, 0) is 4.79 Å². The molecule has 0 saturated carbocycles. The Bertz CT molecular complexity index is 1350. The third-order valence-corrected chi connectivity index (χ3v) is 5.44. The van der Waals surface area contributed by atoms with Crippen LogP contribution in [0.4, 0.5) is 11.5 Å². The monoisotopic (exact) mass is 474 g/mol. The van der Waals surface area contributed by atoms with E-state index in [2.05, 4.69) is 15.7 Å². The zero-order valence-corrected chi connectivity index (χ0v) is 19.7. The lowest BCUT2D eigenvalue weighted by atomic mass is 10.1. The van der Waals surface area contributed by atoms with Crippen molar-refractivity contribution in [3.8, 4) is 22.6 Å². The lowest BCUT2D eigenvalue weighted by Crippen LogP contribution is -2.14. The largest absolute Gasteiger partial charge is 0.495 e. The van der Waals surface area contributed by atoms with Gasteiger partial charge in [-0.2, -0.15) is 5.10 Å². The topological polar surface area (TPSA) is 85.2 Å². The molecule has 0 atom stereocenters. The summed E-state index contributed by atoms with van der Waals surface area (Å²) < 4.78 is 6.96. The molecule has 2 N–H and O–H groups in total. The first kappa shape index (κ1) is 23.1. The quantitative estimate of drug-likeness (QED) is 0.374. The highest BCUT2D eigenvalue weighted by molar-refractivity contribution is 6.31. The van der Waals surface area contributed by atoms with Crippen LogP contribution in [0.1, 0.15) is 23.0 Å². The number of nitrogens with zero attached hydrogens (tertiary/aromatic N) is 2. The molecule has 0 fully saturated rings. The van der Waals surface area contributed by atoms with Crippen molar-refractivity contribution in [3.63, 3.8) is 0 Å². The summed E-state index contributed by atoms with van der Waals surface area (Å²) in [6.45, 7) is 3.35.